The zero-order valence-electron chi connectivity index (χ0n) is 13.9. The maximum atomic E-state index is 12.9. The van der Waals surface area contributed by atoms with Crippen molar-refractivity contribution in [3.05, 3.63) is 53.1 Å². The monoisotopic (exact) mass is 329 g/mol. The van der Waals surface area contributed by atoms with Gasteiger partial charge in [-0.2, -0.15) is 4.31 Å². The highest BCUT2D eigenvalue weighted by atomic mass is 32.2. The smallest absolute Gasteiger partial charge is 0.207 e. The summed E-state index contributed by atoms with van der Waals surface area (Å²) in [5.74, 6) is 2.80. The van der Waals surface area contributed by atoms with Gasteiger partial charge in [-0.05, 0) is 38.3 Å². The molecule has 2 rings (SSSR count). The molecule has 0 heterocycles. The number of rotatable bonds is 5. The number of benzene rings is 1. The highest BCUT2D eigenvalue weighted by molar-refractivity contribution is 7.89. The standard InChI is InChI=1S/C19H23NO2S/c1-5-10-20(14-18-12-16(3)11-17(4)13-18)23(21,22)19-8-6-15(2)7-9-19/h1,6-9,11-12,16H,10,13-14H2,2-4H3. The van der Waals surface area contributed by atoms with E-state index >= 15 is 0 Å². The summed E-state index contributed by atoms with van der Waals surface area (Å²) in [5.41, 5.74) is 3.39. The molecule has 0 saturated heterocycles. The lowest BCUT2D eigenvalue weighted by Gasteiger charge is -2.24. The molecule has 4 heteroatoms. The lowest BCUT2D eigenvalue weighted by Crippen LogP contribution is -2.33. The third-order valence-corrected chi connectivity index (χ3v) is 5.66. The van der Waals surface area contributed by atoms with Crippen LogP contribution in [0.25, 0.3) is 0 Å². The van der Waals surface area contributed by atoms with Crippen molar-refractivity contribution in [2.24, 2.45) is 5.92 Å². The molecule has 0 fully saturated rings. The first-order chi connectivity index (χ1) is 10.8. The molecule has 23 heavy (non-hydrogen) atoms. The molecule has 0 aliphatic heterocycles. The average molecular weight is 329 g/mol. The fourth-order valence-electron chi connectivity index (χ4n) is 2.87. The number of nitrogens with zero attached hydrogens (tertiary/aromatic N) is 1. The van der Waals surface area contributed by atoms with Gasteiger partial charge in [0.2, 0.25) is 10.0 Å². The maximum absolute atomic E-state index is 12.9. The van der Waals surface area contributed by atoms with Gasteiger partial charge < -0.3 is 0 Å². The van der Waals surface area contributed by atoms with Crippen molar-refractivity contribution in [1.29, 1.82) is 0 Å². The van der Waals surface area contributed by atoms with Crippen LogP contribution in [0.4, 0.5) is 0 Å². The normalized spacial score (nSPS) is 18.3. The van der Waals surface area contributed by atoms with Crippen molar-refractivity contribution in [3.8, 4) is 12.3 Å². The van der Waals surface area contributed by atoms with Gasteiger partial charge in [0.15, 0.2) is 0 Å². The quantitative estimate of drug-likeness (QED) is 0.612. The van der Waals surface area contributed by atoms with Crippen molar-refractivity contribution < 1.29 is 8.42 Å². The average Bonchev–Trinajstić information content (AvgIpc) is 2.46. The molecular weight excluding hydrogens is 306 g/mol. The third kappa shape index (κ3) is 4.34. The second-order valence-electron chi connectivity index (χ2n) is 6.16. The van der Waals surface area contributed by atoms with Crippen LogP contribution in [0.5, 0.6) is 0 Å². The molecular formula is C19H23NO2S. The second-order valence-corrected chi connectivity index (χ2v) is 8.10. The molecule has 0 N–H and O–H groups in total. The molecule has 3 nitrogen and oxygen atoms in total. The van der Waals surface area contributed by atoms with Crippen LogP contribution in [0.15, 0.2) is 52.5 Å². The molecule has 0 amide bonds. The molecule has 0 saturated carbocycles. The topological polar surface area (TPSA) is 37.4 Å². The van der Waals surface area contributed by atoms with Crippen molar-refractivity contribution in [2.75, 3.05) is 13.1 Å². The first-order valence-corrected chi connectivity index (χ1v) is 9.14. The Kier molecular flexibility index (Phi) is 5.46. The van der Waals surface area contributed by atoms with Crippen molar-refractivity contribution in [2.45, 2.75) is 32.1 Å². The van der Waals surface area contributed by atoms with Crippen LogP contribution in [0, 0.1) is 25.2 Å². The zero-order valence-corrected chi connectivity index (χ0v) is 14.7. The van der Waals surface area contributed by atoms with Gasteiger partial charge >= 0.3 is 0 Å². The van der Waals surface area contributed by atoms with Crippen LogP contribution in [-0.4, -0.2) is 25.8 Å². The predicted molar refractivity (Wildman–Crippen MR) is 94.4 cm³/mol. The first kappa shape index (κ1) is 17.5. The van der Waals surface area contributed by atoms with Crippen molar-refractivity contribution in [1.82, 2.24) is 4.31 Å². The number of hydrogen-bond donors (Lipinski definition) is 0. The zero-order chi connectivity index (χ0) is 17.0. The highest BCUT2D eigenvalue weighted by Gasteiger charge is 2.25. The SMILES string of the molecule is C#CCN(CC1=CC(C)C=C(C)C1)S(=O)(=O)c1ccc(C)cc1. The van der Waals surface area contributed by atoms with E-state index in [0.717, 1.165) is 17.6 Å². The van der Waals surface area contributed by atoms with E-state index in [1.165, 1.54) is 9.88 Å². The van der Waals surface area contributed by atoms with E-state index in [9.17, 15) is 8.42 Å². The minimum Gasteiger partial charge on any atom is -0.207 e. The van der Waals surface area contributed by atoms with E-state index in [4.69, 9.17) is 6.42 Å². The van der Waals surface area contributed by atoms with Crippen molar-refractivity contribution >= 4 is 10.0 Å². The van der Waals surface area contributed by atoms with Gasteiger partial charge in [-0.1, -0.05) is 53.8 Å². The summed E-state index contributed by atoms with van der Waals surface area (Å²) in [5, 5.41) is 0. The van der Waals surface area contributed by atoms with Gasteiger partial charge in [-0.15, -0.1) is 6.42 Å². The Labute approximate surface area is 139 Å². The molecule has 1 aromatic rings. The van der Waals surface area contributed by atoms with Crippen LogP contribution >= 0.6 is 0 Å². The van der Waals surface area contributed by atoms with E-state index in [2.05, 4.69) is 31.9 Å². The van der Waals surface area contributed by atoms with Crippen LogP contribution in [-0.2, 0) is 10.0 Å². The summed E-state index contributed by atoms with van der Waals surface area (Å²) >= 11 is 0. The third-order valence-electron chi connectivity index (χ3n) is 3.86. The summed E-state index contributed by atoms with van der Waals surface area (Å²) in [6, 6.07) is 6.87. The largest absolute Gasteiger partial charge is 0.244 e. The number of sulfonamides is 1. The van der Waals surface area contributed by atoms with Crippen LogP contribution in [0.1, 0.15) is 25.8 Å². The van der Waals surface area contributed by atoms with Gasteiger partial charge in [-0.25, -0.2) is 8.42 Å². The number of allylic oxidation sites excluding steroid dienone is 3. The van der Waals surface area contributed by atoms with E-state index in [-0.39, 0.29) is 11.4 Å². The minimum atomic E-state index is -3.58. The molecule has 1 unspecified atom stereocenters. The second kappa shape index (κ2) is 7.16. The first-order valence-electron chi connectivity index (χ1n) is 7.70. The summed E-state index contributed by atoms with van der Waals surface area (Å²) in [6.07, 6.45) is 10.5. The summed E-state index contributed by atoms with van der Waals surface area (Å²) in [6.45, 7) is 6.52. The number of hydrogen-bond acceptors (Lipinski definition) is 2. The Bertz CT molecular complexity index is 765. The van der Waals surface area contributed by atoms with Crippen LogP contribution in [0.3, 0.4) is 0 Å². The lowest BCUT2D eigenvalue weighted by atomic mass is 9.93. The predicted octanol–water partition coefficient (Wildman–Crippen LogP) is 3.53. The van der Waals surface area contributed by atoms with Crippen LogP contribution in [0.2, 0.25) is 0 Å². The van der Waals surface area contributed by atoms with E-state index in [1.807, 2.05) is 6.92 Å². The molecule has 1 aromatic carbocycles. The highest BCUT2D eigenvalue weighted by Crippen LogP contribution is 2.25. The Morgan fingerprint density at radius 2 is 1.87 bits per heavy atom. The Morgan fingerprint density at radius 3 is 2.43 bits per heavy atom. The fraction of sp³-hybridized carbons (Fsp3) is 0.368. The lowest BCUT2D eigenvalue weighted by molar-refractivity contribution is 0.467. The number of aryl methyl sites for hydroxylation is 1. The molecule has 0 bridgehead atoms. The van der Waals surface area contributed by atoms with Gasteiger partial charge in [0.25, 0.3) is 0 Å². The molecule has 1 aliphatic rings. The molecule has 1 aliphatic carbocycles. The molecule has 122 valence electrons. The number of terminal acetylenes is 1. The van der Waals surface area contributed by atoms with E-state index < -0.39 is 10.0 Å². The molecule has 0 spiro atoms. The van der Waals surface area contributed by atoms with Gasteiger partial charge in [-0.3, -0.25) is 0 Å². The maximum Gasteiger partial charge on any atom is 0.244 e. The van der Waals surface area contributed by atoms with Gasteiger partial charge in [0.05, 0.1) is 11.4 Å². The summed E-state index contributed by atoms with van der Waals surface area (Å²) < 4.78 is 27.1. The molecule has 0 radical (unpaired) electrons. The summed E-state index contributed by atoms with van der Waals surface area (Å²) in [4.78, 5) is 0.287. The van der Waals surface area contributed by atoms with E-state index in [1.54, 1.807) is 24.3 Å². The van der Waals surface area contributed by atoms with E-state index in [0.29, 0.717) is 12.5 Å². The minimum absolute atomic E-state index is 0.0741. The fourth-order valence-corrected chi connectivity index (χ4v) is 4.23. The Balaban J connectivity index is 2.28. The molecule has 1 atom stereocenters. The van der Waals surface area contributed by atoms with Crippen molar-refractivity contribution in [3.63, 3.8) is 0 Å². The van der Waals surface area contributed by atoms with Crippen LogP contribution < -0.4 is 0 Å². The Hall–Kier alpha value is -1.83. The Morgan fingerprint density at radius 1 is 1.22 bits per heavy atom. The molecule has 0 aromatic heterocycles. The summed E-state index contributed by atoms with van der Waals surface area (Å²) in [7, 11) is -3.58. The van der Waals surface area contributed by atoms with Gasteiger partial charge in [0.1, 0.15) is 0 Å². The van der Waals surface area contributed by atoms with Gasteiger partial charge in [0, 0.05) is 6.54 Å².